The van der Waals surface area contributed by atoms with Crippen LogP contribution < -0.4 is 27.0 Å². The molecular formula is C39H53N4O8P. The van der Waals surface area contributed by atoms with E-state index in [4.69, 9.17) is 19.5 Å². The lowest BCUT2D eigenvalue weighted by Crippen LogP contribution is -2.62. The molecule has 0 saturated heterocycles. The number of carbonyl (C=O) groups is 4. The van der Waals surface area contributed by atoms with Gasteiger partial charge in [-0.15, -0.1) is 6.58 Å². The van der Waals surface area contributed by atoms with E-state index in [1.807, 2.05) is 30.3 Å². The number of ether oxygens (including phenoxy) is 1. The van der Waals surface area contributed by atoms with Crippen LogP contribution in [0, 0.1) is 5.92 Å². The van der Waals surface area contributed by atoms with Gasteiger partial charge < -0.3 is 35.5 Å². The molecule has 0 aliphatic carbocycles. The number of fused-ring (bicyclic) bond motifs is 1. The van der Waals surface area contributed by atoms with E-state index < -0.39 is 55.0 Å². The van der Waals surface area contributed by atoms with Gasteiger partial charge in [-0.2, -0.15) is 0 Å². The van der Waals surface area contributed by atoms with E-state index in [-0.39, 0.29) is 32.1 Å². The van der Waals surface area contributed by atoms with Crippen molar-refractivity contribution in [3.63, 3.8) is 0 Å². The van der Waals surface area contributed by atoms with E-state index in [0.29, 0.717) is 23.7 Å². The minimum Gasteiger partial charge on any atom is -0.444 e. The summed E-state index contributed by atoms with van der Waals surface area (Å²) in [7, 11) is -3.56. The maximum absolute atomic E-state index is 14.1. The molecule has 0 heterocycles. The van der Waals surface area contributed by atoms with Crippen molar-refractivity contribution in [3.05, 3.63) is 90.5 Å². The van der Waals surface area contributed by atoms with Crippen LogP contribution in [0.1, 0.15) is 65.5 Å². The fourth-order valence-electron chi connectivity index (χ4n) is 5.79. The predicted molar refractivity (Wildman–Crippen MR) is 203 cm³/mol. The van der Waals surface area contributed by atoms with Gasteiger partial charge in [0.1, 0.15) is 17.2 Å². The number of nitrogens with one attached hydrogen (secondary N) is 3. The summed E-state index contributed by atoms with van der Waals surface area (Å²) < 4.78 is 29.6. The summed E-state index contributed by atoms with van der Waals surface area (Å²) in [5, 5.41) is 10.8. The zero-order valence-corrected chi connectivity index (χ0v) is 31.9. The van der Waals surface area contributed by atoms with E-state index >= 15 is 0 Å². The summed E-state index contributed by atoms with van der Waals surface area (Å²) in [6, 6.07) is 19.3. The SMILES string of the molecule is C=CC[C@H](CNC(=O)[C@H](CC(N)=O)NC(=O)[C@](C)(Cc1ccc(P(=O)(OCC)OCC)cc1)NC(=O)OC(C)(C)C)Cc1cccc2ccccc12. The first-order chi connectivity index (χ1) is 24.5. The number of carbonyl (C=O) groups excluding carboxylic acids is 4. The molecule has 3 rings (SSSR count). The van der Waals surface area contributed by atoms with Crippen molar-refractivity contribution in [3.8, 4) is 0 Å². The molecule has 12 nitrogen and oxygen atoms in total. The second-order valence-electron chi connectivity index (χ2n) is 13.8. The number of allylic oxidation sites excluding steroid dienone is 1. The van der Waals surface area contributed by atoms with Gasteiger partial charge in [0.05, 0.1) is 24.9 Å². The van der Waals surface area contributed by atoms with Crippen LogP contribution >= 0.6 is 7.60 Å². The lowest BCUT2D eigenvalue weighted by molar-refractivity contribution is -0.134. The summed E-state index contributed by atoms with van der Waals surface area (Å²) in [6.45, 7) is 14.4. The minimum absolute atomic E-state index is 0.0278. The molecule has 0 spiro atoms. The monoisotopic (exact) mass is 736 g/mol. The molecule has 4 amide bonds. The van der Waals surface area contributed by atoms with Gasteiger partial charge in [0.2, 0.25) is 17.7 Å². The summed E-state index contributed by atoms with van der Waals surface area (Å²) in [6.07, 6.45) is 1.64. The van der Waals surface area contributed by atoms with Gasteiger partial charge in [-0.05, 0) is 94.3 Å². The molecule has 5 N–H and O–H groups in total. The smallest absolute Gasteiger partial charge is 0.408 e. The molecule has 0 saturated carbocycles. The average molecular weight is 737 g/mol. The van der Waals surface area contributed by atoms with Crippen LogP contribution in [-0.4, -0.2) is 60.8 Å². The van der Waals surface area contributed by atoms with Crippen LogP contribution in [0.5, 0.6) is 0 Å². The highest BCUT2D eigenvalue weighted by Crippen LogP contribution is 2.46. The first-order valence-corrected chi connectivity index (χ1v) is 19.0. The average Bonchev–Trinajstić information content (AvgIpc) is 3.06. The van der Waals surface area contributed by atoms with Crippen LogP contribution in [-0.2, 0) is 45.6 Å². The van der Waals surface area contributed by atoms with Gasteiger partial charge in [0.25, 0.3) is 0 Å². The first kappa shape index (κ1) is 41.9. The largest absolute Gasteiger partial charge is 0.444 e. The Morgan fingerprint density at radius 2 is 1.56 bits per heavy atom. The zero-order chi connectivity index (χ0) is 38.5. The van der Waals surface area contributed by atoms with Crippen LogP contribution in [0.3, 0.4) is 0 Å². The van der Waals surface area contributed by atoms with Gasteiger partial charge in [-0.25, -0.2) is 4.79 Å². The molecule has 3 atom stereocenters. The molecule has 0 radical (unpaired) electrons. The number of hydrogen-bond acceptors (Lipinski definition) is 8. The highest BCUT2D eigenvalue weighted by atomic mass is 31.2. The highest BCUT2D eigenvalue weighted by Gasteiger charge is 2.39. The van der Waals surface area contributed by atoms with E-state index in [1.165, 1.54) is 6.92 Å². The molecular weight excluding hydrogens is 683 g/mol. The normalized spacial score (nSPS) is 14.0. The van der Waals surface area contributed by atoms with Crippen LogP contribution in [0.15, 0.2) is 79.4 Å². The Labute approximate surface area is 306 Å². The Kier molecular flexibility index (Phi) is 15.2. The second kappa shape index (κ2) is 18.8. The van der Waals surface area contributed by atoms with Crippen molar-refractivity contribution in [2.24, 2.45) is 11.7 Å². The van der Waals surface area contributed by atoms with Crippen molar-refractivity contribution >= 4 is 47.5 Å². The van der Waals surface area contributed by atoms with Crippen molar-refractivity contribution < 1.29 is 37.5 Å². The minimum atomic E-state index is -3.56. The number of primary amides is 1. The maximum atomic E-state index is 14.1. The Bertz CT molecular complexity index is 1740. The number of rotatable bonds is 19. The van der Waals surface area contributed by atoms with Gasteiger partial charge >= 0.3 is 13.7 Å². The highest BCUT2D eigenvalue weighted by molar-refractivity contribution is 7.62. The van der Waals surface area contributed by atoms with Crippen LogP contribution in [0.2, 0.25) is 0 Å². The van der Waals surface area contributed by atoms with E-state index in [1.54, 1.807) is 65.0 Å². The summed E-state index contributed by atoms with van der Waals surface area (Å²) >= 11 is 0. The van der Waals surface area contributed by atoms with Crippen LogP contribution in [0.25, 0.3) is 10.8 Å². The van der Waals surface area contributed by atoms with E-state index in [2.05, 4.69) is 34.7 Å². The fraction of sp³-hybridized carbons (Fsp3) is 0.436. The molecule has 0 fully saturated rings. The van der Waals surface area contributed by atoms with E-state index in [9.17, 15) is 23.7 Å². The third kappa shape index (κ3) is 12.3. The van der Waals surface area contributed by atoms with Crippen molar-refractivity contribution in [2.75, 3.05) is 19.8 Å². The molecule has 0 unspecified atom stereocenters. The van der Waals surface area contributed by atoms with Gasteiger partial charge in [-0.3, -0.25) is 18.9 Å². The van der Waals surface area contributed by atoms with Crippen molar-refractivity contribution in [1.82, 2.24) is 16.0 Å². The second-order valence-corrected chi connectivity index (χ2v) is 15.8. The summed E-state index contributed by atoms with van der Waals surface area (Å²) in [4.78, 5) is 52.8. The fourth-order valence-corrected chi connectivity index (χ4v) is 7.36. The molecule has 0 aliphatic rings. The molecule has 0 bridgehead atoms. The number of benzene rings is 3. The molecule has 3 aromatic rings. The predicted octanol–water partition coefficient (Wildman–Crippen LogP) is 5.47. The third-order valence-electron chi connectivity index (χ3n) is 8.17. The molecule has 282 valence electrons. The van der Waals surface area contributed by atoms with Crippen molar-refractivity contribution in [2.45, 2.75) is 84.4 Å². The van der Waals surface area contributed by atoms with Gasteiger partial charge in [0, 0.05) is 13.0 Å². The maximum Gasteiger partial charge on any atom is 0.408 e. The molecule has 3 aromatic carbocycles. The Balaban J connectivity index is 1.84. The quantitative estimate of drug-likeness (QED) is 0.0926. The molecule has 0 aromatic heterocycles. The van der Waals surface area contributed by atoms with Gasteiger partial charge in [0.15, 0.2) is 0 Å². The van der Waals surface area contributed by atoms with Crippen LogP contribution in [0.4, 0.5) is 4.79 Å². The third-order valence-corrected chi connectivity index (χ3v) is 10.3. The van der Waals surface area contributed by atoms with Crippen molar-refractivity contribution in [1.29, 1.82) is 0 Å². The number of amides is 4. The lowest BCUT2D eigenvalue weighted by Gasteiger charge is -2.32. The van der Waals surface area contributed by atoms with Gasteiger partial charge in [-0.1, -0.05) is 60.7 Å². The van der Waals surface area contributed by atoms with E-state index in [0.717, 1.165) is 16.3 Å². The Hall–Kier alpha value is -4.51. The molecule has 52 heavy (non-hydrogen) atoms. The lowest BCUT2D eigenvalue weighted by atomic mass is 9.91. The Morgan fingerprint density at radius 1 is 0.923 bits per heavy atom. The number of hydrogen-bond donors (Lipinski definition) is 4. The topological polar surface area (TPSA) is 175 Å². The number of alkyl carbamates (subject to hydrolysis) is 1. The summed E-state index contributed by atoms with van der Waals surface area (Å²) in [5.41, 5.74) is 4.68. The summed E-state index contributed by atoms with van der Waals surface area (Å²) in [5.74, 6) is -2.19. The number of nitrogens with two attached hydrogens (primary N) is 1. The standard InChI is InChI=1S/C39H53N4O8P/c1-8-14-28(23-30-17-13-16-29-15-11-12-18-32(29)30)26-41-35(45)33(24-34(40)44)42-36(46)39(7,43-37(47)51-38(4,5)6)25-27-19-21-31(22-20-27)52(48,49-9-2)50-10-3/h8,11-13,15-22,28,33H,1,9-10,14,23-26H2,2-7H3,(H2,40,44)(H,41,45)(H,42,46)(H,43,47)/t28-,33-,39-/m0/s1. The molecule has 0 aliphatic heterocycles. The molecule has 13 heteroatoms. The Morgan fingerprint density at radius 3 is 2.15 bits per heavy atom. The first-order valence-electron chi connectivity index (χ1n) is 17.5. The zero-order valence-electron chi connectivity index (χ0n) is 31.0.